The molecule has 2 amide bonds. The highest BCUT2D eigenvalue weighted by Gasteiger charge is 2.31. The number of hydrogen-bond acceptors (Lipinski definition) is 3. The lowest BCUT2D eigenvalue weighted by molar-refractivity contribution is -0.274. The molecule has 0 aliphatic rings. The summed E-state index contributed by atoms with van der Waals surface area (Å²) >= 11 is 5.80. The topological polar surface area (TPSA) is 81.4 Å². The molecule has 9 heteroatoms. The van der Waals surface area contributed by atoms with Gasteiger partial charge >= 0.3 is 6.36 Å². The molecule has 0 saturated carbocycles. The zero-order valence-corrected chi connectivity index (χ0v) is 12.6. The van der Waals surface area contributed by atoms with Crippen LogP contribution in [0.25, 0.3) is 0 Å². The van der Waals surface area contributed by atoms with Crippen LogP contribution in [-0.2, 0) is 0 Å². The number of nitrogens with one attached hydrogen (secondary N) is 1. The highest BCUT2D eigenvalue weighted by atomic mass is 35.5. The number of amides is 2. The molecule has 0 aliphatic carbocycles. The van der Waals surface area contributed by atoms with Gasteiger partial charge in [-0.1, -0.05) is 11.6 Å². The fraction of sp³-hybridized carbons (Fsp3) is 0.0667. The van der Waals surface area contributed by atoms with Crippen molar-refractivity contribution in [1.29, 1.82) is 0 Å². The SMILES string of the molecule is NC(=O)c1cc(NC(=O)c2ccc(OC(F)(F)F)cc2)ccc1Cl. The number of halogens is 4. The van der Waals surface area contributed by atoms with E-state index < -0.39 is 23.9 Å². The molecule has 5 nitrogen and oxygen atoms in total. The number of carbonyl (C=O) groups excluding carboxylic acids is 2. The fourth-order valence-corrected chi connectivity index (χ4v) is 2.01. The number of benzene rings is 2. The molecular formula is C15H10ClF3N2O3. The van der Waals surface area contributed by atoms with E-state index in [2.05, 4.69) is 10.1 Å². The number of ether oxygens (including phenoxy) is 1. The quantitative estimate of drug-likeness (QED) is 0.876. The molecule has 0 aromatic heterocycles. The van der Waals surface area contributed by atoms with Gasteiger partial charge in [-0.05, 0) is 42.5 Å². The van der Waals surface area contributed by atoms with Gasteiger partial charge in [-0.2, -0.15) is 0 Å². The van der Waals surface area contributed by atoms with Gasteiger partial charge in [0, 0.05) is 11.3 Å². The molecule has 0 bridgehead atoms. The lowest BCUT2D eigenvalue weighted by atomic mass is 10.1. The average molecular weight is 359 g/mol. The summed E-state index contributed by atoms with van der Waals surface area (Å²) in [5.41, 5.74) is 5.54. The van der Waals surface area contributed by atoms with Gasteiger partial charge in [0.15, 0.2) is 0 Å². The van der Waals surface area contributed by atoms with Crippen molar-refractivity contribution in [2.24, 2.45) is 5.73 Å². The first-order chi connectivity index (χ1) is 11.2. The second kappa shape index (κ2) is 6.79. The predicted octanol–water partition coefficient (Wildman–Crippen LogP) is 3.59. The van der Waals surface area contributed by atoms with Crippen molar-refractivity contribution in [3.63, 3.8) is 0 Å². The molecule has 0 radical (unpaired) electrons. The molecule has 0 atom stereocenters. The van der Waals surface area contributed by atoms with Crippen LogP contribution in [-0.4, -0.2) is 18.2 Å². The first kappa shape index (κ1) is 17.6. The molecule has 2 aromatic carbocycles. The van der Waals surface area contributed by atoms with Crippen LogP contribution in [0.4, 0.5) is 18.9 Å². The van der Waals surface area contributed by atoms with Crippen LogP contribution >= 0.6 is 11.6 Å². The summed E-state index contributed by atoms with van der Waals surface area (Å²) in [5.74, 6) is -1.79. The average Bonchev–Trinajstić information content (AvgIpc) is 2.48. The van der Waals surface area contributed by atoms with Gasteiger partial charge in [0.1, 0.15) is 5.75 Å². The number of hydrogen-bond donors (Lipinski definition) is 2. The molecule has 0 heterocycles. The minimum Gasteiger partial charge on any atom is -0.406 e. The van der Waals surface area contributed by atoms with Gasteiger partial charge < -0.3 is 15.8 Å². The van der Waals surface area contributed by atoms with Crippen LogP contribution in [0.3, 0.4) is 0 Å². The first-order valence-electron chi connectivity index (χ1n) is 6.42. The normalized spacial score (nSPS) is 11.0. The lowest BCUT2D eigenvalue weighted by Crippen LogP contribution is -2.17. The number of rotatable bonds is 4. The summed E-state index contributed by atoms with van der Waals surface area (Å²) in [4.78, 5) is 23.3. The van der Waals surface area contributed by atoms with E-state index in [0.717, 1.165) is 12.1 Å². The van der Waals surface area contributed by atoms with Crippen LogP contribution in [0.5, 0.6) is 5.75 Å². The van der Waals surface area contributed by atoms with Gasteiger partial charge in [0.25, 0.3) is 5.91 Å². The summed E-state index contributed by atoms with van der Waals surface area (Å²) in [6, 6.07) is 8.50. The predicted molar refractivity (Wildman–Crippen MR) is 81.0 cm³/mol. The molecule has 0 saturated heterocycles. The highest BCUT2D eigenvalue weighted by molar-refractivity contribution is 6.34. The third kappa shape index (κ3) is 4.63. The lowest BCUT2D eigenvalue weighted by Gasteiger charge is -2.10. The Morgan fingerprint density at radius 1 is 1.08 bits per heavy atom. The minimum absolute atomic E-state index is 0.0309. The standard InChI is InChI=1S/C15H10ClF3N2O3/c16-12-6-3-9(7-11(12)13(20)22)21-14(23)8-1-4-10(5-2-8)24-15(17,18)19/h1-7H,(H2,20,22)(H,21,23). The second-order valence-electron chi connectivity index (χ2n) is 4.59. The fourth-order valence-electron chi connectivity index (χ4n) is 1.80. The number of primary amides is 1. The molecule has 0 spiro atoms. The van der Waals surface area contributed by atoms with Crippen molar-refractivity contribution in [3.05, 3.63) is 58.6 Å². The van der Waals surface area contributed by atoms with Crippen molar-refractivity contribution >= 4 is 29.1 Å². The molecule has 24 heavy (non-hydrogen) atoms. The first-order valence-corrected chi connectivity index (χ1v) is 6.80. The van der Waals surface area contributed by atoms with Gasteiger partial charge in [-0.3, -0.25) is 9.59 Å². The van der Waals surface area contributed by atoms with Gasteiger partial charge in [-0.15, -0.1) is 13.2 Å². The third-order valence-corrected chi connectivity index (χ3v) is 3.17. The van der Waals surface area contributed by atoms with Crippen molar-refractivity contribution < 1.29 is 27.5 Å². The van der Waals surface area contributed by atoms with E-state index in [1.165, 1.54) is 30.3 Å². The summed E-state index contributed by atoms with van der Waals surface area (Å²) in [6.07, 6.45) is -4.81. The van der Waals surface area contributed by atoms with Crippen molar-refractivity contribution in [1.82, 2.24) is 0 Å². The van der Waals surface area contributed by atoms with Crippen LogP contribution in [0, 0.1) is 0 Å². The number of carbonyl (C=O) groups is 2. The number of anilines is 1. The maximum absolute atomic E-state index is 12.1. The molecule has 126 valence electrons. The third-order valence-electron chi connectivity index (χ3n) is 2.84. The van der Waals surface area contributed by atoms with Crippen molar-refractivity contribution in [2.45, 2.75) is 6.36 Å². The summed E-state index contributed by atoms with van der Waals surface area (Å²) in [5, 5.41) is 2.61. The van der Waals surface area contributed by atoms with E-state index >= 15 is 0 Å². The summed E-state index contributed by atoms with van der Waals surface area (Å²) in [6.45, 7) is 0. The molecule has 0 unspecified atom stereocenters. The van der Waals surface area contributed by atoms with Crippen molar-refractivity contribution in [3.8, 4) is 5.75 Å². The highest BCUT2D eigenvalue weighted by Crippen LogP contribution is 2.24. The zero-order chi connectivity index (χ0) is 17.9. The number of alkyl halides is 3. The van der Waals surface area contributed by atoms with Crippen molar-refractivity contribution in [2.75, 3.05) is 5.32 Å². The van der Waals surface area contributed by atoms with Crippen LogP contribution in [0.2, 0.25) is 5.02 Å². The van der Waals surface area contributed by atoms with Gasteiger partial charge in [-0.25, -0.2) is 0 Å². The maximum atomic E-state index is 12.1. The minimum atomic E-state index is -4.81. The Morgan fingerprint density at radius 3 is 2.25 bits per heavy atom. The van der Waals surface area contributed by atoms with E-state index in [1.807, 2.05) is 0 Å². The van der Waals surface area contributed by atoms with Crippen LogP contribution in [0.15, 0.2) is 42.5 Å². The Bertz CT molecular complexity index is 777. The Labute approximate surface area is 139 Å². The van der Waals surface area contributed by atoms with E-state index in [1.54, 1.807) is 0 Å². The monoisotopic (exact) mass is 358 g/mol. The van der Waals surface area contributed by atoms with Crippen LogP contribution < -0.4 is 15.8 Å². The van der Waals surface area contributed by atoms with Gasteiger partial charge in [0.05, 0.1) is 10.6 Å². The summed E-state index contributed by atoms with van der Waals surface area (Å²) < 4.78 is 39.9. The van der Waals surface area contributed by atoms with E-state index in [0.29, 0.717) is 0 Å². The maximum Gasteiger partial charge on any atom is 0.573 e. The molecule has 2 rings (SSSR count). The van der Waals surface area contributed by atoms with E-state index in [4.69, 9.17) is 17.3 Å². The Balaban J connectivity index is 2.13. The number of nitrogens with two attached hydrogens (primary N) is 1. The smallest absolute Gasteiger partial charge is 0.406 e. The second-order valence-corrected chi connectivity index (χ2v) is 4.99. The molecule has 0 aliphatic heterocycles. The molecule has 0 fully saturated rings. The van der Waals surface area contributed by atoms with Gasteiger partial charge in [0.2, 0.25) is 5.91 Å². The summed E-state index contributed by atoms with van der Waals surface area (Å²) in [7, 11) is 0. The molecule has 3 N–H and O–H groups in total. The molecule has 2 aromatic rings. The van der Waals surface area contributed by atoms with Crippen LogP contribution in [0.1, 0.15) is 20.7 Å². The Hall–Kier alpha value is -2.74. The van der Waals surface area contributed by atoms with E-state index in [-0.39, 0.29) is 21.8 Å². The zero-order valence-electron chi connectivity index (χ0n) is 11.9. The molecular weight excluding hydrogens is 349 g/mol. The Kier molecular flexibility index (Phi) is 4.99. The Morgan fingerprint density at radius 2 is 1.71 bits per heavy atom. The van der Waals surface area contributed by atoms with E-state index in [9.17, 15) is 22.8 Å². The largest absolute Gasteiger partial charge is 0.573 e.